The Kier molecular flexibility index (Phi) is 6.96. The number of methoxy groups -OCH3 is 1. The highest BCUT2D eigenvalue weighted by molar-refractivity contribution is 7.91. The molecule has 0 spiro atoms. The van der Waals surface area contributed by atoms with Crippen molar-refractivity contribution in [3.8, 4) is 17.0 Å². The van der Waals surface area contributed by atoms with Crippen LogP contribution in [-0.4, -0.2) is 78.9 Å². The van der Waals surface area contributed by atoms with Gasteiger partial charge in [0.15, 0.2) is 5.65 Å². The van der Waals surface area contributed by atoms with Crippen molar-refractivity contribution >= 4 is 32.6 Å². The van der Waals surface area contributed by atoms with E-state index >= 15 is 0 Å². The van der Waals surface area contributed by atoms with Crippen molar-refractivity contribution in [1.29, 1.82) is 0 Å². The fourth-order valence-corrected chi connectivity index (χ4v) is 6.25. The van der Waals surface area contributed by atoms with E-state index in [9.17, 15) is 13.5 Å². The average Bonchev–Trinajstić information content (AvgIpc) is 2.89. The van der Waals surface area contributed by atoms with Gasteiger partial charge in [-0.1, -0.05) is 0 Å². The summed E-state index contributed by atoms with van der Waals surface area (Å²) in [6.07, 6.45) is 1.05. The molecule has 0 radical (unpaired) electrons. The third-order valence-electron chi connectivity index (χ3n) is 6.81. The van der Waals surface area contributed by atoms with Crippen LogP contribution in [0, 0.1) is 0 Å². The molecule has 2 aliphatic heterocycles. The smallest absolute Gasteiger partial charge is 0.226 e. The second kappa shape index (κ2) is 10.2. The Morgan fingerprint density at radius 2 is 1.97 bits per heavy atom. The summed E-state index contributed by atoms with van der Waals surface area (Å²) in [4.78, 5) is 16.7. The van der Waals surface area contributed by atoms with Gasteiger partial charge in [-0.05, 0) is 50.1 Å². The fraction of sp³-hybridized carbons (Fsp3) is 0.480. The number of anilines is 2. The van der Waals surface area contributed by atoms with E-state index in [0.29, 0.717) is 61.2 Å². The lowest BCUT2D eigenvalue weighted by atomic mass is 10.1. The van der Waals surface area contributed by atoms with Crippen LogP contribution in [0.1, 0.15) is 25.3 Å². The van der Waals surface area contributed by atoms with Gasteiger partial charge in [0.1, 0.15) is 21.4 Å². The molecule has 11 heteroatoms. The number of sulfone groups is 1. The zero-order valence-corrected chi connectivity index (χ0v) is 21.3. The third-order valence-corrected chi connectivity index (χ3v) is 8.53. The Morgan fingerprint density at radius 1 is 1.17 bits per heavy atom. The normalized spacial score (nSPS) is 20.4. The molecule has 2 N–H and O–H groups in total. The van der Waals surface area contributed by atoms with E-state index in [1.807, 2.05) is 30.3 Å². The minimum Gasteiger partial charge on any atom is -0.496 e. The van der Waals surface area contributed by atoms with Crippen LogP contribution in [0.5, 0.6) is 5.75 Å². The lowest BCUT2D eigenvalue weighted by molar-refractivity contribution is 0.0987. The summed E-state index contributed by atoms with van der Waals surface area (Å²) in [5.74, 6) is 2.17. The standard InChI is InChI=1S/C25H31N5O5S/c1-16-15-35-10-9-30(16)24-20-4-5-21(17-3-6-22(34-2)18(13-17)14-31)27-23(20)28-25(29-24)26-19-7-11-36(32,33)12-8-19/h3-6,13,16,19,31H,7-12,14-15H2,1-2H3,(H,26,27,28,29). The largest absolute Gasteiger partial charge is 0.496 e. The average molecular weight is 514 g/mol. The topological polar surface area (TPSA) is 127 Å². The van der Waals surface area contributed by atoms with Gasteiger partial charge in [0.25, 0.3) is 0 Å². The van der Waals surface area contributed by atoms with Gasteiger partial charge in [0.05, 0.1) is 55.6 Å². The second-order valence-electron chi connectivity index (χ2n) is 9.31. The summed E-state index contributed by atoms with van der Waals surface area (Å²) in [5, 5.41) is 13.9. The first kappa shape index (κ1) is 24.7. The summed E-state index contributed by atoms with van der Waals surface area (Å²) < 4.78 is 34.7. The molecule has 2 aliphatic rings. The van der Waals surface area contributed by atoms with Crippen molar-refractivity contribution in [2.45, 2.75) is 38.5 Å². The number of pyridine rings is 1. The van der Waals surface area contributed by atoms with Crippen LogP contribution in [0.3, 0.4) is 0 Å². The van der Waals surface area contributed by atoms with E-state index < -0.39 is 9.84 Å². The number of rotatable bonds is 6. The van der Waals surface area contributed by atoms with Crippen LogP contribution in [0.4, 0.5) is 11.8 Å². The molecular formula is C25H31N5O5S. The molecule has 1 aromatic carbocycles. The maximum atomic E-state index is 11.9. The number of aliphatic hydroxyl groups is 1. The number of ether oxygens (including phenoxy) is 2. The first-order chi connectivity index (χ1) is 17.4. The van der Waals surface area contributed by atoms with Crippen molar-refractivity contribution in [2.75, 3.05) is 48.6 Å². The number of hydrogen-bond donors (Lipinski definition) is 2. The maximum Gasteiger partial charge on any atom is 0.226 e. The zero-order valence-electron chi connectivity index (χ0n) is 20.5. The molecule has 0 amide bonds. The number of aliphatic hydroxyl groups excluding tert-OH is 1. The monoisotopic (exact) mass is 513 g/mol. The number of aromatic nitrogens is 3. The van der Waals surface area contributed by atoms with E-state index in [2.05, 4.69) is 17.1 Å². The number of morpholine rings is 1. The van der Waals surface area contributed by atoms with Crippen LogP contribution >= 0.6 is 0 Å². The van der Waals surface area contributed by atoms with Crippen LogP contribution in [0.2, 0.25) is 0 Å². The summed E-state index contributed by atoms with van der Waals surface area (Å²) in [6.45, 7) is 3.88. The minimum absolute atomic E-state index is 0.0159. The van der Waals surface area contributed by atoms with Gasteiger partial charge >= 0.3 is 0 Å². The highest BCUT2D eigenvalue weighted by Crippen LogP contribution is 2.31. The minimum atomic E-state index is -2.96. The Morgan fingerprint density at radius 3 is 2.69 bits per heavy atom. The molecule has 0 bridgehead atoms. The van der Waals surface area contributed by atoms with E-state index in [-0.39, 0.29) is 30.2 Å². The molecule has 3 aromatic rings. The maximum absolute atomic E-state index is 11.9. The molecule has 0 saturated carbocycles. The van der Waals surface area contributed by atoms with Crippen LogP contribution in [-0.2, 0) is 21.2 Å². The number of nitrogens with zero attached hydrogens (tertiary/aromatic N) is 4. The van der Waals surface area contributed by atoms with Crippen molar-refractivity contribution in [3.05, 3.63) is 35.9 Å². The zero-order chi connectivity index (χ0) is 25.3. The Hall–Kier alpha value is -3.02. The Balaban J connectivity index is 1.55. The number of nitrogens with one attached hydrogen (secondary N) is 1. The van der Waals surface area contributed by atoms with Crippen LogP contribution in [0.15, 0.2) is 30.3 Å². The molecule has 36 heavy (non-hydrogen) atoms. The summed E-state index contributed by atoms with van der Waals surface area (Å²) in [5.41, 5.74) is 2.78. The van der Waals surface area contributed by atoms with Crippen LogP contribution in [0.25, 0.3) is 22.3 Å². The lowest BCUT2D eigenvalue weighted by Crippen LogP contribution is -2.44. The van der Waals surface area contributed by atoms with Crippen LogP contribution < -0.4 is 15.0 Å². The van der Waals surface area contributed by atoms with Gasteiger partial charge in [-0.15, -0.1) is 0 Å². The quantitative estimate of drug-likeness (QED) is 0.507. The molecule has 1 atom stereocenters. The molecule has 4 heterocycles. The lowest BCUT2D eigenvalue weighted by Gasteiger charge is -2.35. The van der Waals surface area contributed by atoms with Gasteiger partial charge < -0.3 is 24.8 Å². The van der Waals surface area contributed by atoms with Crippen molar-refractivity contribution in [3.63, 3.8) is 0 Å². The molecule has 192 valence electrons. The molecular weight excluding hydrogens is 482 g/mol. The van der Waals surface area contributed by atoms with Gasteiger partial charge in [0, 0.05) is 23.7 Å². The van der Waals surface area contributed by atoms with E-state index in [4.69, 9.17) is 24.4 Å². The highest BCUT2D eigenvalue weighted by atomic mass is 32.2. The summed E-state index contributed by atoms with van der Waals surface area (Å²) in [6, 6.07) is 9.62. The number of fused-ring (bicyclic) bond motifs is 1. The molecule has 2 aromatic heterocycles. The van der Waals surface area contributed by atoms with Gasteiger partial charge in [-0.2, -0.15) is 9.97 Å². The fourth-order valence-electron chi connectivity index (χ4n) is 4.76. The molecule has 2 fully saturated rings. The van der Waals surface area contributed by atoms with Crippen molar-refractivity contribution in [1.82, 2.24) is 15.0 Å². The first-order valence-corrected chi connectivity index (χ1v) is 14.0. The molecule has 5 rings (SSSR count). The van der Waals surface area contributed by atoms with Crippen molar-refractivity contribution in [2.24, 2.45) is 0 Å². The van der Waals surface area contributed by atoms with Gasteiger partial charge in [-0.25, -0.2) is 13.4 Å². The SMILES string of the molecule is COc1ccc(-c2ccc3c(N4CCOCC4C)nc(NC4CCS(=O)(=O)CC4)nc3n2)cc1CO. The first-order valence-electron chi connectivity index (χ1n) is 12.1. The Labute approximate surface area is 210 Å². The second-order valence-corrected chi connectivity index (χ2v) is 11.6. The van der Waals surface area contributed by atoms with Gasteiger partial charge in [0.2, 0.25) is 5.95 Å². The molecule has 10 nitrogen and oxygen atoms in total. The highest BCUT2D eigenvalue weighted by Gasteiger charge is 2.27. The Bertz CT molecular complexity index is 1350. The summed E-state index contributed by atoms with van der Waals surface area (Å²) >= 11 is 0. The van der Waals surface area contributed by atoms with E-state index in [1.165, 1.54) is 0 Å². The number of benzene rings is 1. The van der Waals surface area contributed by atoms with Crippen molar-refractivity contribution < 1.29 is 23.0 Å². The molecule has 2 saturated heterocycles. The number of hydrogen-bond acceptors (Lipinski definition) is 10. The van der Waals surface area contributed by atoms with E-state index in [1.54, 1.807) is 7.11 Å². The van der Waals surface area contributed by atoms with E-state index in [0.717, 1.165) is 16.8 Å². The predicted octanol–water partition coefficient (Wildman–Crippen LogP) is 2.41. The summed E-state index contributed by atoms with van der Waals surface area (Å²) in [7, 11) is -1.39. The molecule has 0 aliphatic carbocycles. The molecule has 1 unspecified atom stereocenters. The predicted molar refractivity (Wildman–Crippen MR) is 138 cm³/mol. The third kappa shape index (κ3) is 5.09. The van der Waals surface area contributed by atoms with Gasteiger partial charge in [-0.3, -0.25) is 0 Å².